The normalized spacial score (nSPS) is 20.7. The maximum Gasteiger partial charge on any atom is 0.352 e. The summed E-state index contributed by atoms with van der Waals surface area (Å²) in [4.78, 5) is 39.3. The van der Waals surface area contributed by atoms with Gasteiger partial charge in [-0.15, -0.1) is 22.0 Å². The number of carboxylic acid groups (broad SMARTS) is 1. The van der Waals surface area contributed by atoms with Gasteiger partial charge in [0.05, 0.1) is 6.61 Å². The fourth-order valence-electron chi connectivity index (χ4n) is 4.07. The second kappa shape index (κ2) is 12.0. The predicted octanol–water partition coefficient (Wildman–Crippen LogP) is -1.63. The van der Waals surface area contributed by atoms with E-state index in [1.165, 1.54) is 11.8 Å². The number of rotatable bonds is 12. The number of carbonyl (C=O) groups is 3. The molecule has 2 aromatic rings. The predicted molar refractivity (Wildman–Crippen MR) is 137 cm³/mol. The number of tetrazole rings is 1. The standard InChI is InChI=1S/C20H24N8O8S3/c21-13(10-3-1-9(7-29)2-4-10)16(30)23-14-17(31)28-15(19(32)33)11(8-37-18(14)28)12(5-6-22-39(34,35)36)38-20-24-26-27-25-20/h1-4,12-14,18,22,29H,5-8,21H2,(H,23,30)(H,32,33)(H,34,35,36)(H,24,25,26,27)/t12?,13?,14?,18-/m0/s1. The molecule has 1 aromatic heterocycles. The van der Waals surface area contributed by atoms with Crippen molar-refractivity contribution in [2.24, 2.45) is 5.73 Å². The van der Waals surface area contributed by atoms with Gasteiger partial charge < -0.3 is 21.3 Å². The lowest BCUT2D eigenvalue weighted by Gasteiger charge is -2.50. The van der Waals surface area contributed by atoms with Crippen LogP contribution in [0.25, 0.3) is 0 Å². The van der Waals surface area contributed by atoms with Crippen LogP contribution in [0.5, 0.6) is 0 Å². The van der Waals surface area contributed by atoms with Crippen molar-refractivity contribution >= 4 is 51.6 Å². The summed E-state index contributed by atoms with van der Waals surface area (Å²) >= 11 is 2.23. The Morgan fingerprint density at radius 1 is 1.31 bits per heavy atom. The van der Waals surface area contributed by atoms with Crippen LogP contribution in [0.4, 0.5) is 0 Å². The zero-order chi connectivity index (χ0) is 28.3. The fraction of sp³-hybridized carbons (Fsp3) is 0.400. The van der Waals surface area contributed by atoms with Crippen molar-refractivity contribution in [3.8, 4) is 0 Å². The molecule has 0 bridgehead atoms. The second-order valence-corrected chi connectivity index (χ2v) is 11.9. The summed E-state index contributed by atoms with van der Waals surface area (Å²) < 4.78 is 33.1. The van der Waals surface area contributed by atoms with E-state index in [1.54, 1.807) is 24.3 Å². The first-order valence-electron chi connectivity index (χ1n) is 11.3. The Morgan fingerprint density at radius 3 is 2.62 bits per heavy atom. The van der Waals surface area contributed by atoms with E-state index >= 15 is 0 Å². The van der Waals surface area contributed by atoms with Crippen LogP contribution < -0.4 is 15.8 Å². The van der Waals surface area contributed by atoms with Crippen molar-refractivity contribution in [3.05, 3.63) is 46.7 Å². The van der Waals surface area contributed by atoms with Crippen LogP contribution in [-0.2, 0) is 31.3 Å². The van der Waals surface area contributed by atoms with Gasteiger partial charge in [0.15, 0.2) is 0 Å². The summed E-state index contributed by atoms with van der Waals surface area (Å²) in [6.45, 7) is -0.400. The first kappa shape index (κ1) is 28.9. The number of hydrogen-bond donors (Lipinski definition) is 7. The van der Waals surface area contributed by atoms with E-state index in [9.17, 15) is 33.0 Å². The minimum atomic E-state index is -4.48. The molecule has 2 amide bonds. The van der Waals surface area contributed by atoms with Gasteiger partial charge in [-0.2, -0.15) is 18.4 Å². The lowest BCUT2D eigenvalue weighted by atomic mass is 9.99. The number of aliphatic hydroxyl groups excluding tert-OH is 1. The highest BCUT2D eigenvalue weighted by atomic mass is 32.2. The van der Waals surface area contributed by atoms with Gasteiger partial charge in [0, 0.05) is 17.5 Å². The number of carbonyl (C=O) groups excluding carboxylic acids is 2. The van der Waals surface area contributed by atoms with Gasteiger partial charge in [-0.3, -0.25) is 19.0 Å². The van der Waals surface area contributed by atoms with Crippen molar-refractivity contribution in [2.75, 3.05) is 12.3 Å². The Bertz CT molecular complexity index is 1370. The van der Waals surface area contributed by atoms with Crippen LogP contribution in [0, 0.1) is 0 Å². The molecule has 2 aliphatic rings. The highest BCUT2D eigenvalue weighted by Crippen LogP contribution is 2.44. The van der Waals surface area contributed by atoms with E-state index in [-0.39, 0.29) is 36.2 Å². The van der Waals surface area contributed by atoms with Gasteiger partial charge in [-0.25, -0.2) is 4.79 Å². The van der Waals surface area contributed by atoms with Crippen LogP contribution in [0.15, 0.2) is 40.7 Å². The average Bonchev–Trinajstić information content (AvgIpc) is 3.42. The minimum absolute atomic E-state index is 0.0302. The third kappa shape index (κ3) is 6.57. The molecular formula is C20H24N8O8S3. The zero-order valence-electron chi connectivity index (χ0n) is 19.9. The molecule has 1 aromatic carbocycles. The van der Waals surface area contributed by atoms with E-state index in [2.05, 4.69) is 25.9 Å². The van der Waals surface area contributed by atoms with Crippen LogP contribution in [0.2, 0.25) is 0 Å². The van der Waals surface area contributed by atoms with Gasteiger partial charge >= 0.3 is 16.3 Å². The van der Waals surface area contributed by atoms with Gasteiger partial charge in [-0.05, 0) is 28.3 Å². The number of aromatic nitrogens is 4. The number of hydrogen-bond acceptors (Lipinski definition) is 12. The number of thioether (sulfide) groups is 2. The lowest BCUT2D eigenvalue weighted by molar-refractivity contribution is -0.150. The molecule has 2 aliphatic heterocycles. The third-order valence-electron chi connectivity index (χ3n) is 5.96. The van der Waals surface area contributed by atoms with E-state index < -0.39 is 50.8 Å². The first-order chi connectivity index (χ1) is 18.5. The molecular weight excluding hydrogens is 576 g/mol. The van der Waals surface area contributed by atoms with Crippen molar-refractivity contribution in [2.45, 2.75) is 40.9 Å². The summed E-state index contributed by atoms with van der Waals surface area (Å²) in [6.07, 6.45) is 0.0302. The van der Waals surface area contributed by atoms with Crippen molar-refractivity contribution < 1.29 is 37.6 Å². The summed E-state index contributed by atoms with van der Waals surface area (Å²) in [5.74, 6) is -2.51. The molecule has 0 spiro atoms. The number of H-pyrrole nitrogens is 1. The number of aromatic amines is 1. The molecule has 0 radical (unpaired) electrons. The first-order valence-corrected chi connectivity index (χ1v) is 14.7. The molecule has 3 heterocycles. The molecule has 3 unspecified atom stereocenters. The van der Waals surface area contributed by atoms with E-state index in [0.717, 1.165) is 16.7 Å². The van der Waals surface area contributed by atoms with Gasteiger partial charge in [0.2, 0.25) is 11.1 Å². The Kier molecular flexibility index (Phi) is 8.89. The zero-order valence-corrected chi connectivity index (χ0v) is 22.4. The number of nitrogens with zero attached hydrogens (tertiary/aromatic N) is 4. The molecule has 0 saturated carbocycles. The maximum absolute atomic E-state index is 13.1. The SMILES string of the molecule is NC(C(=O)NC1C(=O)N2C(C(=O)O)=C(C(CCNS(=O)(=O)O)Sc3nn[nH]n3)CS[C@@H]12)c1ccc(CO)cc1. The number of benzene rings is 1. The molecule has 1 fully saturated rings. The van der Waals surface area contributed by atoms with E-state index in [0.29, 0.717) is 16.7 Å². The molecule has 19 heteroatoms. The fourth-order valence-corrected chi connectivity index (χ4v) is 6.98. The van der Waals surface area contributed by atoms with E-state index in [1.807, 2.05) is 4.72 Å². The van der Waals surface area contributed by atoms with Crippen LogP contribution in [0.1, 0.15) is 23.6 Å². The van der Waals surface area contributed by atoms with Crippen LogP contribution >= 0.6 is 23.5 Å². The van der Waals surface area contributed by atoms with Crippen LogP contribution in [0.3, 0.4) is 0 Å². The molecule has 8 N–H and O–H groups in total. The van der Waals surface area contributed by atoms with E-state index in [4.69, 9.17) is 10.3 Å². The lowest BCUT2D eigenvalue weighted by Crippen LogP contribution is -2.71. The summed E-state index contributed by atoms with van der Waals surface area (Å²) in [6, 6.07) is 4.33. The molecule has 4 atom stereocenters. The molecule has 210 valence electrons. The van der Waals surface area contributed by atoms with Crippen molar-refractivity contribution in [3.63, 3.8) is 0 Å². The number of amides is 2. The highest BCUT2D eigenvalue weighted by molar-refractivity contribution is 8.01. The second-order valence-electron chi connectivity index (χ2n) is 8.41. The van der Waals surface area contributed by atoms with Crippen molar-refractivity contribution in [1.82, 2.24) is 35.6 Å². The topological polar surface area (TPSA) is 254 Å². The Morgan fingerprint density at radius 2 is 2.03 bits per heavy atom. The molecule has 4 rings (SSSR count). The maximum atomic E-state index is 13.1. The number of carboxylic acids is 1. The number of aliphatic carboxylic acids is 1. The number of nitrogens with one attached hydrogen (secondary N) is 3. The highest BCUT2D eigenvalue weighted by Gasteiger charge is 2.55. The van der Waals surface area contributed by atoms with Gasteiger partial charge in [0.1, 0.15) is 23.2 Å². The Hall–Kier alpha value is -3.07. The molecule has 39 heavy (non-hydrogen) atoms. The summed E-state index contributed by atoms with van der Waals surface area (Å²) in [5, 5.41) is 34.0. The third-order valence-corrected chi connectivity index (χ3v) is 9.01. The Balaban J connectivity index is 1.52. The van der Waals surface area contributed by atoms with Gasteiger partial charge in [0.25, 0.3) is 5.91 Å². The van der Waals surface area contributed by atoms with Crippen molar-refractivity contribution in [1.29, 1.82) is 0 Å². The molecule has 0 aliphatic carbocycles. The minimum Gasteiger partial charge on any atom is -0.477 e. The molecule has 1 saturated heterocycles. The number of β-lactam (4-membered cyclic amide) rings is 1. The Labute approximate surface area is 230 Å². The number of aliphatic hydroxyl groups is 1. The smallest absolute Gasteiger partial charge is 0.352 e. The van der Waals surface area contributed by atoms with Crippen LogP contribution in [-0.4, -0.2) is 95.5 Å². The van der Waals surface area contributed by atoms with Gasteiger partial charge in [-0.1, -0.05) is 36.0 Å². The summed E-state index contributed by atoms with van der Waals surface area (Å²) in [5.41, 5.74) is 7.19. The number of nitrogens with two attached hydrogens (primary N) is 1. The quantitative estimate of drug-likeness (QED) is 0.0821. The average molecular weight is 601 g/mol. The molecule has 16 nitrogen and oxygen atoms in total. The monoisotopic (exact) mass is 600 g/mol. The number of fused-ring (bicyclic) bond motifs is 1. The summed E-state index contributed by atoms with van der Waals surface area (Å²) in [7, 11) is -4.48. The largest absolute Gasteiger partial charge is 0.477 e.